The summed E-state index contributed by atoms with van der Waals surface area (Å²) in [6.07, 6.45) is 1.86. The number of fused-ring (bicyclic) bond motifs is 2. The number of nitrogens with two attached hydrogens (primary N) is 1. The van der Waals surface area contributed by atoms with E-state index in [0.29, 0.717) is 5.13 Å². The maximum atomic E-state index is 5.75. The van der Waals surface area contributed by atoms with E-state index in [4.69, 9.17) is 5.73 Å². The van der Waals surface area contributed by atoms with E-state index in [-0.39, 0.29) is 0 Å². The lowest BCUT2D eigenvalue weighted by Crippen LogP contribution is -1.80. The lowest BCUT2D eigenvalue weighted by Gasteiger charge is -2.03. The Balaban J connectivity index is 2.00. The van der Waals surface area contributed by atoms with Crippen LogP contribution in [0.1, 0.15) is 0 Å². The number of anilines is 1. The molecule has 0 bridgehead atoms. The van der Waals surface area contributed by atoms with E-state index in [1.165, 1.54) is 16.9 Å². The van der Waals surface area contributed by atoms with Crippen LogP contribution < -0.4 is 5.73 Å². The molecule has 19 heavy (non-hydrogen) atoms. The highest BCUT2D eigenvalue weighted by Gasteiger charge is 2.07. The highest BCUT2D eigenvalue weighted by molar-refractivity contribution is 7.22. The van der Waals surface area contributed by atoms with Gasteiger partial charge in [-0.1, -0.05) is 29.5 Å². The molecule has 0 aliphatic rings. The van der Waals surface area contributed by atoms with Gasteiger partial charge in [0.2, 0.25) is 0 Å². The summed E-state index contributed by atoms with van der Waals surface area (Å²) < 4.78 is 1.11. The van der Waals surface area contributed by atoms with Crippen molar-refractivity contribution in [3.63, 3.8) is 0 Å². The summed E-state index contributed by atoms with van der Waals surface area (Å²) in [6.45, 7) is 0. The Morgan fingerprint density at radius 2 is 2.11 bits per heavy atom. The van der Waals surface area contributed by atoms with Crippen molar-refractivity contribution in [2.24, 2.45) is 0 Å². The minimum absolute atomic E-state index is 0.605. The van der Waals surface area contributed by atoms with E-state index >= 15 is 0 Å². The number of nitrogen functional groups attached to an aromatic ring is 1. The predicted octanol–water partition coefficient (Wildman–Crippen LogP) is 3.42. The first-order chi connectivity index (χ1) is 9.31. The van der Waals surface area contributed by atoms with Gasteiger partial charge in [0.25, 0.3) is 0 Å². The molecule has 2 heterocycles. The van der Waals surface area contributed by atoms with E-state index in [1.807, 2.05) is 24.4 Å². The second-order valence-corrected chi connectivity index (χ2v) is 5.43. The molecule has 0 amide bonds. The van der Waals surface area contributed by atoms with Gasteiger partial charge < -0.3 is 5.73 Å². The fraction of sp³-hybridized carbons (Fsp3) is 0. The van der Waals surface area contributed by atoms with Gasteiger partial charge in [0.15, 0.2) is 5.13 Å². The van der Waals surface area contributed by atoms with Crippen LogP contribution in [0, 0.1) is 0 Å². The highest BCUT2D eigenvalue weighted by atomic mass is 32.1. The minimum Gasteiger partial charge on any atom is -0.375 e. The molecule has 4 nitrogen and oxygen atoms in total. The molecule has 0 spiro atoms. The maximum Gasteiger partial charge on any atom is 0.181 e. The molecule has 92 valence electrons. The molecule has 0 saturated carbocycles. The van der Waals surface area contributed by atoms with Crippen LogP contribution in [-0.2, 0) is 0 Å². The molecule has 3 N–H and O–H groups in total. The van der Waals surface area contributed by atoms with E-state index in [1.54, 1.807) is 0 Å². The molecule has 0 aliphatic heterocycles. The van der Waals surface area contributed by atoms with Crippen molar-refractivity contribution < 1.29 is 0 Å². The van der Waals surface area contributed by atoms with E-state index < -0.39 is 0 Å². The normalized spacial score (nSPS) is 11.4. The molecular formula is C14H10N4S. The van der Waals surface area contributed by atoms with Gasteiger partial charge in [-0.3, -0.25) is 5.10 Å². The number of hydrogen-bond acceptors (Lipinski definition) is 4. The third-order valence-electron chi connectivity index (χ3n) is 3.20. The van der Waals surface area contributed by atoms with E-state index in [0.717, 1.165) is 26.7 Å². The first-order valence-corrected chi connectivity index (χ1v) is 6.71. The van der Waals surface area contributed by atoms with Gasteiger partial charge in [0.1, 0.15) is 0 Å². The topological polar surface area (TPSA) is 67.6 Å². The number of aromatic nitrogens is 3. The van der Waals surface area contributed by atoms with E-state index in [9.17, 15) is 0 Å². The van der Waals surface area contributed by atoms with Crippen molar-refractivity contribution in [2.45, 2.75) is 0 Å². The van der Waals surface area contributed by atoms with Crippen LogP contribution >= 0.6 is 11.3 Å². The van der Waals surface area contributed by atoms with Gasteiger partial charge in [0, 0.05) is 5.39 Å². The minimum atomic E-state index is 0.605. The summed E-state index contributed by atoms with van der Waals surface area (Å²) in [6, 6.07) is 12.4. The summed E-state index contributed by atoms with van der Waals surface area (Å²) in [5.41, 5.74) is 10.1. The number of rotatable bonds is 1. The first-order valence-electron chi connectivity index (χ1n) is 5.90. The Labute approximate surface area is 112 Å². The van der Waals surface area contributed by atoms with Crippen LogP contribution in [-0.4, -0.2) is 15.2 Å². The van der Waals surface area contributed by atoms with Gasteiger partial charge in [0.05, 0.1) is 21.9 Å². The van der Waals surface area contributed by atoms with Crippen LogP contribution in [0.15, 0.2) is 42.6 Å². The lowest BCUT2D eigenvalue weighted by molar-refractivity contribution is 1.12. The second kappa shape index (κ2) is 3.80. The molecule has 4 rings (SSSR count). The Bertz CT molecular complexity index is 891. The standard InChI is InChI=1S/C14H10N4S/c15-14-17-12-5-4-8(6-13(12)19-14)9-2-1-3-11-10(9)7-16-18-11/h1-7H,(H2,15,17)(H,16,18). The van der Waals surface area contributed by atoms with Crippen molar-refractivity contribution in [1.29, 1.82) is 0 Å². The molecular weight excluding hydrogens is 256 g/mol. The Hall–Kier alpha value is -2.40. The number of nitrogens with one attached hydrogen (secondary N) is 1. The highest BCUT2D eigenvalue weighted by Crippen LogP contribution is 2.32. The Morgan fingerprint density at radius 1 is 1.16 bits per heavy atom. The zero-order chi connectivity index (χ0) is 12.8. The van der Waals surface area contributed by atoms with E-state index in [2.05, 4.69) is 33.4 Å². The predicted molar refractivity (Wildman–Crippen MR) is 79.1 cm³/mol. The molecule has 0 atom stereocenters. The number of aromatic amines is 1. The number of nitrogens with zero attached hydrogens (tertiary/aromatic N) is 2. The summed E-state index contributed by atoms with van der Waals surface area (Å²) >= 11 is 1.51. The fourth-order valence-corrected chi connectivity index (χ4v) is 3.10. The number of hydrogen-bond donors (Lipinski definition) is 2. The molecule has 5 heteroatoms. The molecule has 0 fully saturated rings. The quantitative estimate of drug-likeness (QED) is 0.554. The molecule has 2 aromatic carbocycles. The molecule has 0 radical (unpaired) electrons. The summed E-state index contributed by atoms with van der Waals surface area (Å²) in [7, 11) is 0. The summed E-state index contributed by atoms with van der Waals surface area (Å²) in [4.78, 5) is 4.28. The van der Waals surface area contributed by atoms with Crippen LogP contribution in [0.2, 0.25) is 0 Å². The summed E-state index contributed by atoms with van der Waals surface area (Å²) in [5.74, 6) is 0. The number of H-pyrrole nitrogens is 1. The van der Waals surface area contributed by atoms with Crippen LogP contribution in [0.3, 0.4) is 0 Å². The van der Waals surface area contributed by atoms with Gasteiger partial charge >= 0.3 is 0 Å². The number of thiazole rings is 1. The molecule has 4 aromatic rings. The monoisotopic (exact) mass is 266 g/mol. The van der Waals surface area contributed by atoms with Crippen molar-refractivity contribution in [1.82, 2.24) is 15.2 Å². The van der Waals surface area contributed by atoms with Crippen LogP contribution in [0.5, 0.6) is 0 Å². The molecule has 2 aromatic heterocycles. The van der Waals surface area contributed by atoms with Gasteiger partial charge in [-0.25, -0.2) is 4.98 Å². The smallest absolute Gasteiger partial charge is 0.181 e. The first kappa shape index (κ1) is 10.5. The zero-order valence-corrected chi connectivity index (χ0v) is 10.7. The Morgan fingerprint density at radius 3 is 3.05 bits per heavy atom. The number of benzene rings is 2. The average molecular weight is 266 g/mol. The van der Waals surface area contributed by atoms with Gasteiger partial charge in [-0.05, 0) is 29.3 Å². The maximum absolute atomic E-state index is 5.75. The van der Waals surface area contributed by atoms with Gasteiger partial charge in [-0.15, -0.1) is 0 Å². The molecule has 0 saturated heterocycles. The third kappa shape index (κ3) is 1.59. The third-order valence-corrected chi connectivity index (χ3v) is 4.05. The zero-order valence-electron chi connectivity index (χ0n) is 9.92. The van der Waals surface area contributed by atoms with Crippen molar-refractivity contribution in [2.75, 3.05) is 5.73 Å². The van der Waals surface area contributed by atoms with Crippen molar-refractivity contribution >= 4 is 37.6 Å². The largest absolute Gasteiger partial charge is 0.375 e. The van der Waals surface area contributed by atoms with Crippen molar-refractivity contribution in [3.8, 4) is 11.1 Å². The fourth-order valence-electron chi connectivity index (χ4n) is 2.33. The SMILES string of the molecule is Nc1nc2ccc(-c3cccc4[nH]ncc34)cc2s1. The van der Waals surface area contributed by atoms with Crippen molar-refractivity contribution in [3.05, 3.63) is 42.6 Å². The molecule has 0 aliphatic carbocycles. The summed E-state index contributed by atoms with van der Waals surface area (Å²) in [5, 5.41) is 8.82. The lowest BCUT2D eigenvalue weighted by atomic mass is 10.0. The second-order valence-electron chi connectivity index (χ2n) is 4.37. The Kier molecular flexibility index (Phi) is 2.10. The van der Waals surface area contributed by atoms with Crippen LogP contribution in [0.25, 0.3) is 32.2 Å². The van der Waals surface area contributed by atoms with Crippen LogP contribution in [0.4, 0.5) is 5.13 Å². The molecule has 0 unspecified atom stereocenters. The van der Waals surface area contributed by atoms with Gasteiger partial charge in [-0.2, -0.15) is 5.10 Å². The average Bonchev–Trinajstić information content (AvgIpc) is 3.01.